The van der Waals surface area contributed by atoms with Gasteiger partial charge in [0.25, 0.3) is 0 Å². The average molecular weight is 482 g/mol. The van der Waals surface area contributed by atoms with Gasteiger partial charge in [-0.25, -0.2) is 13.2 Å². The number of benzene rings is 2. The van der Waals surface area contributed by atoms with E-state index in [1.807, 2.05) is 36.6 Å². The molecule has 2 aromatic heterocycles. The Bertz CT molecular complexity index is 1460. The van der Waals surface area contributed by atoms with Crippen LogP contribution in [0.3, 0.4) is 0 Å². The van der Waals surface area contributed by atoms with Gasteiger partial charge in [0.2, 0.25) is 21.7 Å². The van der Waals surface area contributed by atoms with Crippen molar-refractivity contribution in [1.82, 2.24) is 24.4 Å². The van der Waals surface area contributed by atoms with Crippen LogP contribution in [-0.4, -0.2) is 28.1 Å². The standard InChI is InChI=1S/C24H27N5O4S/c1-15(2)21(28-34(31,32)18-10-4-3-5-11-18)23-26-22(27-33-23)16-12-13-20-19(14-16)25-24(30)29(20)17-8-6-7-9-17/h3-5,10-15,17,21,28H,6-9H2,1-2H3,(H,25,30)/t21-/m1/s1. The van der Waals surface area contributed by atoms with Crippen LogP contribution in [0.5, 0.6) is 0 Å². The van der Waals surface area contributed by atoms with Gasteiger partial charge in [-0.2, -0.15) is 9.71 Å². The Hall–Kier alpha value is -3.24. The van der Waals surface area contributed by atoms with E-state index in [0.29, 0.717) is 16.9 Å². The van der Waals surface area contributed by atoms with Gasteiger partial charge in [0.15, 0.2) is 0 Å². The molecule has 0 amide bonds. The molecule has 1 atom stereocenters. The van der Waals surface area contributed by atoms with Crippen LogP contribution in [0.15, 0.2) is 62.7 Å². The van der Waals surface area contributed by atoms with Gasteiger partial charge in [0.1, 0.15) is 6.04 Å². The molecule has 2 aromatic carbocycles. The summed E-state index contributed by atoms with van der Waals surface area (Å²) in [7, 11) is -3.77. The number of aromatic nitrogens is 4. The molecule has 34 heavy (non-hydrogen) atoms. The normalized spacial score (nSPS) is 16.0. The number of hydrogen-bond acceptors (Lipinski definition) is 6. The first kappa shape index (κ1) is 22.5. The zero-order chi connectivity index (χ0) is 23.9. The van der Waals surface area contributed by atoms with Crippen LogP contribution < -0.4 is 10.4 Å². The van der Waals surface area contributed by atoms with Gasteiger partial charge < -0.3 is 9.51 Å². The number of sulfonamides is 1. The van der Waals surface area contributed by atoms with E-state index in [4.69, 9.17) is 4.52 Å². The molecule has 0 radical (unpaired) electrons. The first-order valence-electron chi connectivity index (χ1n) is 11.5. The first-order valence-corrected chi connectivity index (χ1v) is 13.0. The Labute approximate surface area is 197 Å². The molecule has 10 heteroatoms. The highest BCUT2D eigenvalue weighted by molar-refractivity contribution is 7.89. The van der Waals surface area contributed by atoms with E-state index in [2.05, 4.69) is 19.8 Å². The van der Waals surface area contributed by atoms with Gasteiger partial charge in [-0.1, -0.05) is 50.0 Å². The molecular formula is C24H27N5O4S. The third-order valence-corrected chi connectivity index (χ3v) is 7.83. The number of aromatic amines is 1. The number of H-pyrrole nitrogens is 1. The number of nitrogens with one attached hydrogen (secondary N) is 2. The van der Waals surface area contributed by atoms with Crippen molar-refractivity contribution in [2.75, 3.05) is 0 Å². The molecule has 0 unspecified atom stereocenters. The molecule has 2 heterocycles. The van der Waals surface area contributed by atoms with E-state index in [0.717, 1.165) is 31.2 Å². The van der Waals surface area contributed by atoms with Crippen LogP contribution in [0.25, 0.3) is 22.4 Å². The van der Waals surface area contributed by atoms with Crippen molar-refractivity contribution >= 4 is 21.1 Å². The molecule has 9 nitrogen and oxygen atoms in total. The summed E-state index contributed by atoms with van der Waals surface area (Å²) in [6.07, 6.45) is 4.30. The fraction of sp³-hybridized carbons (Fsp3) is 0.375. The second kappa shape index (κ2) is 8.84. The third kappa shape index (κ3) is 4.19. The molecular weight excluding hydrogens is 454 g/mol. The van der Waals surface area contributed by atoms with E-state index >= 15 is 0 Å². The molecule has 0 saturated heterocycles. The van der Waals surface area contributed by atoms with Crippen LogP contribution >= 0.6 is 0 Å². The number of hydrogen-bond donors (Lipinski definition) is 2. The monoisotopic (exact) mass is 481 g/mol. The van der Waals surface area contributed by atoms with Crippen molar-refractivity contribution in [2.24, 2.45) is 5.92 Å². The number of fused-ring (bicyclic) bond motifs is 1. The van der Waals surface area contributed by atoms with E-state index < -0.39 is 16.1 Å². The molecule has 1 saturated carbocycles. The molecule has 0 bridgehead atoms. The SMILES string of the molecule is CC(C)[C@@H](NS(=O)(=O)c1ccccc1)c1nc(-c2ccc3c(c2)[nH]c(=O)n3C2CCCC2)no1. The van der Waals surface area contributed by atoms with E-state index in [1.165, 1.54) is 12.1 Å². The van der Waals surface area contributed by atoms with Gasteiger partial charge in [-0.3, -0.25) is 4.57 Å². The van der Waals surface area contributed by atoms with Crippen LogP contribution in [0, 0.1) is 5.92 Å². The number of rotatable bonds is 7. The Morgan fingerprint density at radius 2 is 1.85 bits per heavy atom. The highest BCUT2D eigenvalue weighted by Gasteiger charge is 2.29. The van der Waals surface area contributed by atoms with Crippen molar-refractivity contribution in [3.8, 4) is 11.4 Å². The summed E-state index contributed by atoms with van der Waals surface area (Å²) in [5, 5.41) is 4.09. The number of imidazole rings is 1. The molecule has 5 rings (SSSR count). The summed E-state index contributed by atoms with van der Waals surface area (Å²) in [5.74, 6) is 0.378. The van der Waals surface area contributed by atoms with Crippen molar-refractivity contribution in [1.29, 1.82) is 0 Å². The summed E-state index contributed by atoms with van der Waals surface area (Å²) >= 11 is 0. The predicted octanol–water partition coefficient (Wildman–Crippen LogP) is 4.17. The molecule has 178 valence electrons. The lowest BCUT2D eigenvalue weighted by Gasteiger charge is -2.18. The summed E-state index contributed by atoms with van der Waals surface area (Å²) < 4.78 is 35.7. The summed E-state index contributed by atoms with van der Waals surface area (Å²) in [5.41, 5.74) is 2.14. The predicted molar refractivity (Wildman–Crippen MR) is 128 cm³/mol. The van der Waals surface area contributed by atoms with Crippen LogP contribution in [0.4, 0.5) is 0 Å². The van der Waals surface area contributed by atoms with Gasteiger partial charge in [0.05, 0.1) is 15.9 Å². The lowest BCUT2D eigenvalue weighted by Crippen LogP contribution is -2.32. The van der Waals surface area contributed by atoms with Crippen molar-refractivity contribution < 1.29 is 12.9 Å². The van der Waals surface area contributed by atoms with Crippen molar-refractivity contribution in [2.45, 2.75) is 56.5 Å². The minimum Gasteiger partial charge on any atom is -0.337 e. The minimum atomic E-state index is -3.77. The Kier molecular flexibility index (Phi) is 5.86. The minimum absolute atomic E-state index is 0.108. The zero-order valence-electron chi connectivity index (χ0n) is 19.1. The van der Waals surface area contributed by atoms with Crippen LogP contribution in [0.2, 0.25) is 0 Å². The molecule has 0 aliphatic heterocycles. The Morgan fingerprint density at radius 1 is 1.12 bits per heavy atom. The maximum Gasteiger partial charge on any atom is 0.326 e. The smallest absolute Gasteiger partial charge is 0.326 e. The second-order valence-electron chi connectivity index (χ2n) is 9.08. The molecule has 1 aliphatic rings. The van der Waals surface area contributed by atoms with E-state index in [1.54, 1.807) is 18.2 Å². The van der Waals surface area contributed by atoms with Crippen LogP contribution in [-0.2, 0) is 10.0 Å². The summed E-state index contributed by atoms with van der Waals surface area (Å²) in [4.78, 5) is 20.2. The molecule has 4 aromatic rings. The third-order valence-electron chi connectivity index (χ3n) is 6.37. The molecule has 1 fully saturated rings. The van der Waals surface area contributed by atoms with Gasteiger partial charge in [-0.05, 0) is 49.1 Å². The first-order chi connectivity index (χ1) is 16.3. The molecule has 0 spiro atoms. The van der Waals surface area contributed by atoms with Crippen LogP contribution in [0.1, 0.15) is 57.5 Å². The second-order valence-corrected chi connectivity index (χ2v) is 10.8. The highest BCUT2D eigenvalue weighted by Crippen LogP contribution is 2.32. The highest BCUT2D eigenvalue weighted by atomic mass is 32.2. The summed E-state index contributed by atoms with van der Waals surface area (Å²) in [6, 6.07) is 13.3. The zero-order valence-corrected chi connectivity index (χ0v) is 19.9. The quantitative estimate of drug-likeness (QED) is 0.408. The maximum atomic E-state index is 12.8. The molecule has 2 N–H and O–H groups in total. The fourth-order valence-electron chi connectivity index (χ4n) is 4.58. The van der Waals surface area contributed by atoms with E-state index in [9.17, 15) is 13.2 Å². The summed E-state index contributed by atoms with van der Waals surface area (Å²) in [6.45, 7) is 3.76. The lowest BCUT2D eigenvalue weighted by molar-refractivity contribution is 0.311. The fourth-order valence-corrected chi connectivity index (χ4v) is 5.94. The van der Waals surface area contributed by atoms with E-state index in [-0.39, 0.29) is 28.4 Å². The Morgan fingerprint density at radius 3 is 2.56 bits per heavy atom. The maximum absolute atomic E-state index is 12.8. The average Bonchev–Trinajstić information content (AvgIpc) is 3.57. The Balaban J connectivity index is 1.44. The van der Waals surface area contributed by atoms with Gasteiger partial charge in [0, 0.05) is 11.6 Å². The van der Waals surface area contributed by atoms with Gasteiger partial charge in [-0.15, -0.1) is 0 Å². The van der Waals surface area contributed by atoms with Crippen molar-refractivity contribution in [3.05, 3.63) is 64.9 Å². The molecule has 1 aliphatic carbocycles. The van der Waals surface area contributed by atoms with Gasteiger partial charge >= 0.3 is 5.69 Å². The number of nitrogens with zero attached hydrogens (tertiary/aromatic N) is 3. The van der Waals surface area contributed by atoms with Crippen molar-refractivity contribution in [3.63, 3.8) is 0 Å². The topological polar surface area (TPSA) is 123 Å². The lowest BCUT2D eigenvalue weighted by atomic mass is 10.1. The largest absolute Gasteiger partial charge is 0.337 e.